The van der Waals surface area contributed by atoms with E-state index in [0.29, 0.717) is 13.0 Å². The molecule has 0 unspecified atom stereocenters. The lowest BCUT2D eigenvalue weighted by atomic mass is 10.3. The van der Waals surface area contributed by atoms with E-state index in [1.165, 1.54) is 18.2 Å². The first-order valence-electron chi connectivity index (χ1n) is 6.33. The minimum Gasteiger partial charge on any atom is -0.330 e. The summed E-state index contributed by atoms with van der Waals surface area (Å²) in [5.41, 5.74) is 5.52. The van der Waals surface area contributed by atoms with Crippen LogP contribution in [0.4, 0.5) is 10.1 Å². The number of para-hydroxylation sites is 1. The van der Waals surface area contributed by atoms with E-state index in [1.807, 2.05) is 13.8 Å². The molecule has 0 saturated heterocycles. The summed E-state index contributed by atoms with van der Waals surface area (Å²) in [5, 5.41) is 0. The Kier molecular flexibility index (Phi) is 5.75. The fourth-order valence-corrected chi connectivity index (χ4v) is 3.69. The van der Waals surface area contributed by atoms with Crippen molar-refractivity contribution in [1.82, 2.24) is 0 Å². The highest BCUT2D eigenvalue weighted by atomic mass is 32.2. The number of benzene rings is 1. The van der Waals surface area contributed by atoms with Gasteiger partial charge in [-0.25, -0.2) is 12.8 Å². The van der Waals surface area contributed by atoms with Crippen LogP contribution in [0.1, 0.15) is 20.3 Å². The van der Waals surface area contributed by atoms with Crippen LogP contribution >= 0.6 is 0 Å². The maximum Gasteiger partial charge on any atom is 0.235 e. The third-order valence-electron chi connectivity index (χ3n) is 2.57. The van der Waals surface area contributed by atoms with Gasteiger partial charge in [0.05, 0.1) is 11.4 Å². The second kappa shape index (κ2) is 6.86. The molecule has 0 heterocycles. The Labute approximate surface area is 114 Å². The molecule has 0 amide bonds. The van der Waals surface area contributed by atoms with E-state index in [2.05, 4.69) is 0 Å². The van der Waals surface area contributed by atoms with Crippen molar-refractivity contribution in [2.75, 3.05) is 23.1 Å². The molecule has 0 aliphatic heterocycles. The Bertz CT molecular complexity index is 503. The normalized spacial score (nSPS) is 11.8. The molecule has 0 saturated carbocycles. The molecular weight excluding hydrogens is 267 g/mol. The van der Waals surface area contributed by atoms with E-state index in [4.69, 9.17) is 5.73 Å². The van der Waals surface area contributed by atoms with Gasteiger partial charge in [0.2, 0.25) is 10.0 Å². The predicted molar refractivity (Wildman–Crippen MR) is 76.0 cm³/mol. The van der Waals surface area contributed by atoms with E-state index >= 15 is 0 Å². The number of rotatable bonds is 7. The van der Waals surface area contributed by atoms with Gasteiger partial charge in [0.15, 0.2) is 0 Å². The third-order valence-corrected chi connectivity index (χ3v) is 4.70. The van der Waals surface area contributed by atoms with Gasteiger partial charge in [0, 0.05) is 6.54 Å². The van der Waals surface area contributed by atoms with Crippen LogP contribution in [0.25, 0.3) is 0 Å². The second-order valence-electron chi connectivity index (χ2n) is 4.84. The molecule has 1 aromatic carbocycles. The average Bonchev–Trinajstić information content (AvgIpc) is 2.29. The smallest absolute Gasteiger partial charge is 0.235 e. The molecule has 0 atom stereocenters. The van der Waals surface area contributed by atoms with Gasteiger partial charge in [-0.05, 0) is 31.0 Å². The SMILES string of the molecule is CC(C)CS(=O)(=O)N(CCCN)c1ccccc1F. The minimum atomic E-state index is -3.53. The van der Waals surface area contributed by atoms with Gasteiger partial charge < -0.3 is 5.73 Å². The number of sulfonamides is 1. The van der Waals surface area contributed by atoms with E-state index in [1.54, 1.807) is 6.07 Å². The summed E-state index contributed by atoms with van der Waals surface area (Å²) in [5.74, 6) is -0.560. The molecule has 0 radical (unpaired) electrons. The molecule has 4 nitrogen and oxygen atoms in total. The van der Waals surface area contributed by atoms with E-state index in [0.717, 1.165) is 4.31 Å². The fourth-order valence-electron chi connectivity index (χ4n) is 1.81. The van der Waals surface area contributed by atoms with E-state index in [-0.39, 0.29) is 23.9 Å². The Morgan fingerprint density at radius 2 is 1.95 bits per heavy atom. The van der Waals surface area contributed by atoms with Crippen LogP contribution in [0.3, 0.4) is 0 Å². The molecule has 0 aromatic heterocycles. The summed E-state index contributed by atoms with van der Waals surface area (Å²) in [7, 11) is -3.53. The van der Waals surface area contributed by atoms with Gasteiger partial charge in [-0.15, -0.1) is 0 Å². The second-order valence-corrected chi connectivity index (χ2v) is 6.78. The summed E-state index contributed by atoms with van der Waals surface area (Å²) in [6.45, 7) is 4.20. The Morgan fingerprint density at radius 3 is 2.47 bits per heavy atom. The lowest BCUT2D eigenvalue weighted by molar-refractivity contribution is 0.571. The van der Waals surface area contributed by atoms with Crippen LogP contribution < -0.4 is 10.0 Å². The van der Waals surface area contributed by atoms with Crippen LogP contribution in [0.15, 0.2) is 24.3 Å². The summed E-state index contributed by atoms with van der Waals surface area (Å²) >= 11 is 0. The number of halogens is 1. The van der Waals surface area contributed by atoms with Crippen molar-refractivity contribution >= 4 is 15.7 Å². The molecule has 1 aromatic rings. The zero-order valence-electron chi connectivity index (χ0n) is 11.3. The molecule has 19 heavy (non-hydrogen) atoms. The van der Waals surface area contributed by atoms with Gasteiger partial charge in [-0.1, -0.05) is 26.0 Å². The van der Waals surface area contributed by atoms with Gasteiger partial charge in [-0.3, -0.25) is 4.31 Å². The molecular formula is C13H21FN2O2S. The lowest BCUT2D eigenvalue weighted by Gasteiger charge is -2.25. The van der Waals surface area contributed by atoms with Crippen LogP contribution in [-0.4, -0.2) is 27.3 Å². The van der Waals surface area contributed by atoms with E-state index < -0.39 is 15.8 Å². The molecule has 1 rings (SSSR count). The first kappa shape index (κ1) is 15.9. The Morgan fingerprint density at radius 1 is 1.32 bits per heavy atom. The van der Waals surface area contributed by atoms with Crippen molar-refractivity contribution in [2.24, 2.45) is 11.7 Å². The highest BCUT2D eigenvalue weighted by molar-refractivity contribution is 7.92. The van der Waals surface area contributed by atoms with Gasteiger partial charge in [0.1, 0.15) is 5.82 Å². The molecule has 2 N–H and O–H groups in total. The Balaban J connectivity index is 3.12. The Hall–Kier alpha value is -1.14. The average molecular weight is 288 g/mol. The summed E-state index contributed by atoms with van der Waals surface area (Å²) < 4.78 is 39.6. The first-order valence-corrected chi connectivity index (χ1v) is 7.94. The van der Waals surface area contributed by atoms with Crippen LogP contribution in [0.2, 0.25) is 0 Å². The minimum absolute atomic E-state index is 0.00803. The monoisotopic (exact) mass is 288 g/mol. The maximum atomic E-state index is 13.8. The van der Waals surface area contributed by atoms with Crippen molar-refractivity contribution < 1.29 is 12.8 Å². The van der Waals surface area contributed by atoms with Gasteiger partial charge >= 0.3 is 0 Å². The molecule has 0 aliphatic rings. The number of nitrogens with two attached hydrogens (primary N) is 1. The van der Waals surface area contributed by atoms with Crippen molar-refractivity contribution in [3.05, 3.63) is 30.1 Å². The lowest BCUT2D eigenvalue weighted by Crippen LogP contribution is -2.36. The van der Waals surface area contributed by atoms with Crippen molar-refractivity contribution in [3.8, 4) is 0 Å². The van der Waals surface area contributed by atoms with Gasteiger partial charge in [0.25, 0.3) is 0 Å². The highest BCUT2D eigenvalue weighted by Gasteiger charge is 2.25. The van der Waals surface area contributed by atoms with Crippen LogP contribution in [0, 0.1) is 11.7 Å². The standard InChI is InChI=1S/C13H21FN2O2S/c1-11(2)10-19(17,18)16(9-5-8-15)13-7-4-3-6-12(13)14/h3-4,6-7,11H,5,8-10,15H2,1-2H3. The van der Waals surface area contributed by atoms with Crippen molar-refractivity contribution in [1.29, 1.82) is 0 Å². The zero-order chi connectivity index (χ0) is 14.5. The largest absolute Gasteiger partial charge is 0.330 e. The summed E-state index contributed by atoms with van der Waals surface area (Å²) in [6.07, 6.45) is 0.492. The molecule has 6 heteroatoms. The maximum absolute atomic E-state index is 13.8. The molecule has 0 bridgehead atoms. The molecule has 0 spiro atoms. The number of nitrogens with zero attached hydrogens (tertiary/aromatic N) is 1. The van der Waals surface area contributed by atoms with Crippen LogP contribution in [0.5, 0.6) is 0 Å². The van der Waals surface area contributed by atoms with Crippen molar-refractivity contribution in [3.63, 3.8) is 0 Å². The topological polar surface area (TPSA) is 63.4 Å². The molecule has 0 fully saturated rings. The molecule has 108 valence electrons. The molecule has 0 aliphatic carbocycles. The highest BCUT2D eigenvalue weighted by Crippen LogP contribution is 2.23. The summed E-state index contributed by atoms with van der Waals surface area (Å²) in [6, 6.07) is 5.90. The first-order chi connectivity index (χ1) is 8.88. The predicted octanol–water partition coefficient (Wildman–Crippen LogP) is 1.97. The fraction of sp³-hybridized carbons (Fsp3) is 0.538. The number of anilines is 1. The number of hydrogen-bond acceptors (Lipinski definition) is 3. The van der Waals surface area contributed by atoms with E-state index in [9.17, 15) is 12.8 Å². The van der Waals surface area contributed by atoms with Crippen LogP contribution in [-0.2, 0) is 10.0 Å². The zero-order valence-corrected chi connectivity index (χ0v) is 12.2. The van der Waals surface area contributed by atoms with Gasteiger partial charge in [-0.2, -0.15) is 0 Å². The quantitative estimate of drug-likeness (QED) is 0.834. The van der Waals surface area contributed by atoms with Crippen molar-refractivity contribution in [2.45, 2.75) is 20.3 Å². The summed E-state index contributed by atoms with van der Waals surface area (Å²) in [4.78, 5) is 0. The number of hydrogen-bond donors (Lipinski definition) is 1. The third kappa shape index (κ3) is 4.47.